The van der Waals surface area contributed by atoms with Gasteiger partial charge in [-0.15, -0.1) is 0 Å². The van der Waals surface area contributed by atoms with Crippen LogP contribution in [-0.4, -0.2) is 61.0 Å². The van der Waals surface area contributed by atoms with Gasteiger partial charge in [0.05, 0.1) is 13.0 Å². The maximum absolute atomic E-state index is 12.6. The predicted octanol–water partition coefficient (Wildman–Crippen LogP) is 2.99. The van der Waals surface area contributed by atoms with Crippen LogP contribution < -0.4 is 9.47 Å². The van der Waals surface area contributed by atoms with Crippen LogP contribution in [0.5, 0.6) is 11.5 Å². The summed E-state index contributed by atoms with van der Waals surface area (Å²) in [5.74, 6) is 1.55. The number of ether oxygens (including phenoxy) is 2. The van der Waals surface area contributed by atoms with E-state index in [-0.39, 0.29) is 18.4 Å². The molecule has 1 aliphatic heterocycles. The number of nitrogens with zero attached hydrogens (tertiary/aromatic N) is 2. The number of carbonyl (C=O) groups is 2. The first-order chi connectivity index (χ1) is 14.5. The van der Waals surface area contributed by atoms with Crippen LogP contribution >= 0.6 is 0 Å². The third kappa shape index (κ3) is 5.75. The maximum atomic E-state index is 12.6. The van der Waals surface area contributed by atoms with Crippen molar-refractivity contribution in [1.82, 2.24) is 9.80 Å². The molecule has 160 valence electrons. The molecule has 0 N–H and O–H groups in total. The van der Waals surface area contributed by atoms with Crippen molar-refractivity contribution < 1.29 is 19.1 Å². The Balaban J connectivity index is 1.43. The molecule has 2 aromatic carbocycles. The minimum Gasteiger partial charge on any atom is -0.494 e. The van der Waals surface area contributed by atoms with E-state index < -0.39 is 0 Å². The van der Waals surface area contributed by atoms with Crippen LogP contribution in [0.2, 0.25) is 0 Å². The molecule has 1 aliphatic rings. The van der Waals surface area contributed by atoms with E-state index in [1.165, 1.54) is 5.56 Å². The molecule has 2 aromatic rings. The molecule has 6 heteroatoms. The van der Waals surface area contributed by atoms with Crippen molar-refractivity contribution in [3.05, 3.63) is 59.2 Å². The summed E-state index contributed by atoms with van der Waals surface area (Å²) >= 11 is 0. The average Bonchev–Trinajstić information content (AvgIpc) is 2.76. The lowest BCUT2D eigenvalue weighted by Crippen LogP contribution is -2.52. The maximum Gasteiger partial charge on any atom is 0.260 e. The third-order valence-electron chi connectivity index (χ3n) is 5.42. The molecule has 6 nitrogen and oxygen atoms in total. The van der Waals surface area contributed by atoms with Gasteiger partial charge in [0.15, 0.2) is 6.61 Å². The molecule has 1 heterocycles. The Kier molecular flexibility index (Phi) is 7.33. The topological polar surface area (TPSA) is 59.1 Å². The van der Waals surface area contributed by atoms with E-state index in [9.17, 15) is 9.59 Å². The second kappa shape index (κ2) is 10.1. The molecule has 30 heavy (non-hydrogen) atoms. The third-order valence-corrected chi connectivity index (χ3v) is 5.42. The largest absolute Gasteiger partial charge is 0.494 e. The second-order valence-corrected chi connectivity index (χ2v) is 7.55. The number of hydrogen-bond donors (Lipinski definition) is 0. The fourth-order valence-corrected chi connectivity index (χ4v) is 3.40. The van der Waals surface area contributed by atoms with E-state index in [1.807, 2.05) is 68.1 Å². The van der Waals surface area contributed by atoms with Gasteiger partial charge >= 0.3 is 0 Å². The van der Waals surface area contributed by atoms with Gasteiger partial charge in [-0.25, -0.2) is 0 Å². The van der Waals surface area contributed by atoms with E-state index in [1.54, 1.807) is 4.90 Å². The van der Waals surface area contributed by atoms with E-state index >= 15 is 0 Å². The quantitative estimate of drug-likeness (QED) is 0.704. The number of hydrogen-bond acceptors (Lipinski definition) is 4. The fraction of sp³-hybridized carbons (Fsp3) is 0.417. The average molecular weight is 411 g/mol. The monoisotopic (exact) mass is 410 g/mol. The van der Waals surface area contributed by atoms with E-state index in [4.69, 9.17) is 9.47 Å². The smallest absolute Gasteiger partial charge is 0.260 e. The molecular formula is C24H30N2O4. The van der Waals surface area contributed by atoms with Crippen molar-refractivity contribution in [2.24, 2.45) is 0 Å². The van der Waals surface area contributed by atoms with Crippen LogP contribution in [0.15, 0.2) is 42.5 Å². The van der Waals surface area contributed by atoms with E-state index in [0.29, 0.717) is 45.0 Å². The molecule has 0 saturated carbocycles. The van der Waals surface area contributed by atoms with Crippen molar-refractivity contribution in [3.8, 4) is 11.5 Å². The number of benzene rings is 2. The zero-order valence-electron chi connectivity index (χ0n) is 18.0. The minimum absolute atomic E-state index is 0.0165. The lowest BCUT2D eigenvalue weighted by molar-refractivity contribution is -0.140. The van der Waals surface area contributed by atoms with Gasteiger partial charge in [-0.3, -0.25) is 9.59 Å². The Bertz CT molecular complexity index is 871. The van der Waals surface area contributed by atoms with Crippen LogP contribution in [0.25, 0.3) is 0 Å². The van der Waals surface area contributed by atoms with Crippen LogP contribution in [0.4, 0.5) is 0 Å². The van der Waals surface area contributed by atoms with Crippen LogP contribution in [0.1, 0.15) is 23.6 Å². The summed E-state index contributed by atoms with van der Waals surface area (Å²) in [6.45, 7) is 8.80. The van der Waals surface area contributed by atoms with Gasteiger partial charge in [0.1, 0.15) is 11.5 Å². The molecule has 0 aliphatic carbocycles. The normalized spacial score (nSPS) is 13.8. The molecule has 0 unspecified atom stereocenters. The number of carbonyl (C=O) groups excluding carboxylic acids is 2. The summed E-state index contributed by atoms with van der Waals surface area (Å²) in [7, 11) is 0. The predicted molar refractivity (Wildman–Crippen MR) is 116 cm³/mol. The molecule has 0 spiro atoms. The Morgan fingerprint density at radius 2 is 1.40 bits per heavy atom. The molecule has 2 amide bonds. The summed E-state index contributed by atoms with van der Waals surface area (Å²) < 4.78 is 11.1. The summed E-state index contributed by atoms with van der Waals surface area (Å²) in [6.07, 6.45) is 0.357. The lowest BCUT2D eigenvalue weighted by Gasteiger charge is -2.34. The SMILES string of the molecule is CCOc1ccc(CC(=O)N2CCN(C(=O)COc3ccc(C)c(C)c3)CC2)cc1. The summed E-state index contributed by atoms with van der Waals surface area (Å²) in [6, 6.07) is 13.4. The second-order valence-electron chi connectivity index (χ2n) is 7.55. The summed E-state index contributed by atoms with van der Waals surface area (Å²) in [5.41, 5.74) is 3.29. The molecule has 1 fully saturated rings. The Labute approximate surface area is 178 Å². The zero-order chi connectivity index (χ0) is 21.5. The first-order valence-electron chi connectivity index (χ1n) is 10.4. The first kappa shape index (κ1) is 21.7. The molecular weight excluding hydrogens is 380 g/mol. The zero-order valence-corrected chi connectivity index (χ0v) is 18.0. The molecule has 0 bridgehead atoms. The highest BCUT2D eigenvalue weighted by Crippen LogP contribution is 2.17. The molecule has 0 atom stereocenters. The Morgan fingerprint density at radius 3 is 2.00 bits per heavy atom. The number of amides is 2. The lowest BCUT2D eigenvalue weighted by atomic mass is 10.1. The van der Waals surface area contributed by atoms with Gasteiger partial charge in [0.25, 0.3) is 5.91 Å². The summed E-state index contributed by atoms with van der Waals surface area (Å²) in [5, 5.41) is 0. The van der Waals surface area contributed by atoms with Crippen molar-refractivity contribution in [1.29, 1.82) is 0 Å². The molecule has 1 saturated heterocycles. The fourth-order valence-electron chi connectivity index (χ4n) is 3.40. The van der Waals surface area contributed by atoms with E-state index in [0.717, 1.165) is 16.9 Å². The van der Waals surface area contributed by atoms with Gasteiger partial charge in [0.2, 0.25) is 5.91 Å². The van der Waals surface area contributed by atoms with Crippen LogP contribution in [0.3, 0.4) is 0 Å². The van der Waals surface area contributed by atoms with E-state index in [2.05, 4.69) is 0 Å². The van der Waals surface area contributed by atoms with Gasteiger partial charge in [-0.05, 0) is 61.7 Å². The summed E-state index contributed by atoms with van der Waals surface area (Å²) in [4.78, 5) is 28.6. The minimum atomic E-state index is -0.0492. The highest BCUT2D eigenvalue weighted by atomic mass is 16.5. The van der Waals surface area contributed by atoms with Crippen molar-refractivity contribution in [2.45, 2.75) is 27.2 Å². The molecule has 0 radical (unpaired) electrons. The Morgan fingerprint density at radius 1 is 0.800 bits per heavy atom. The number of aryl methyl sites for hydroxylation is 2. The van der Waals surface area contributed by atoms with Gasteiger partial charge in [-0.2, -0.15) is 0 Å². The van der Waals surface area contributed by atoms with Gasteiger partial charge < -0.3 is 19.3 Å². The standard InChI is InChI=1S/C24H30N2O4/c1-4-29-21-9-6-20(7-10-21)16-23(27)25-11-13-26(14-12-25)24(28)17-30-22-8-5-18(2)19(3)15-22/h5-10,15H,4,11-14,16-17H2,1-3H3. The molecule has 3 rings (SSSR count). The van der Waals surface area contributed by atoms with Crippen LogP contribution in [-0.2, 0) is 16.0 Å². The van der Waals surface area contributed by atoms with Crippen molar-refractivity contribution >= 4 is 11.8 Å². The van der Waals surface area contributed by atoms with Crippen molar-refractivity contribution in [3.63, 3.8) is 0 Å². The highest BCUT2D eigenvalue weighted by Gasteiger charge is 2.24. The number of rotatable bonds is 7. The Hall–Kier alpha value is -3.02. The van der Waals surface area contributed by atoms with Gasteiger partial charge in [0, 0.05) is 26.2 Å². The number of piperazine rings is 1. The van der Waals surface area contributed by atoms with Crippen LogP contribution in [0, 0.1) is 13.8 Å². The molecule has 0 aromatic heterocycles. The van der Waals surface area contributed by atoms with Crippen molar-refractivity contribution in [2.75, 3.05) is 39.4 Å². The van der Waals surface area contributed by atoms with Gasteiger partial charge in [-0.1, -0.05) is 18.2 Å². The first-order valence-corrected chi connectivity index (χ1v) is 10.4. The highest BCUT2D eigenvalue weighted by molar-refractivity contribution is 5.80.